The molecule has 2 rings (SSSR count). The van der Waals surface area contributed by atoms with Crippen molar-refractivity contribution >= 4 is 11.7 Å². The lowest BCUT2D eigenvalue weighted by molar-refractivity contribution is -0.121. The normalized spacial score (nSPS) is 18.0. The molecule has 92 valence electrons. The van der Waals surface area contributed by atoms with Gasteiger partial charge in [0.25, 0.3) is 0 Å². The fourth-order valence-electron chi connectivity index (χ4n) is 2.11. The van der Waals surface area contributed by atoms with Gasteiger partial charge in [-0.1, -0.05) is 12.8 Å². The van der Waals surface area contributed by atoms with Crippen molar-refractivity contribution in [3.8, 4) is 5.75 Å². The summed E-state index contributed by atoms with van der Waals surface area (Å²) in [6, 6.07) is 3.19. The van der Waals surface area contributed by atoms with Gasteiger partial charge < -0.3 is 16.2 Å². The minimum Gasteiger partial charge on any atom is -0.504 e. The summed E-state index contributed by atoms with van der Waals surface area (Å²) in [5.74, 6) is -0.110. The molecule has 0 saturated heterocycles. The van der Waals surface area contributed by atoms with E-state index in [4.69, 9.17) is 5.73 Å². The van der Waals surface area contributed by atoms with Gasteiger partial charge in [-0.05, 0) is 31.9 Å². The van der Waals surface area contributed by atoms with E-state index >= 15 is 0 Å². The van der Waals surface area contributed by atoms with Crippen molar-refractivity contribution < 1.29 is 9.90 Å². The molecule has 5 nitrogen and oxygen atoms in total. The average molecular weight is 235 g/mol. The summed E-state index contributed by atoms with van der Waals surface area (Å²) in [5.41, 5.74) is 5.94. The highest BCUT2D eigenvalue weighted by Gasteiger charge is 2.37. The van der Waals surface area contributed by atoms with Gasteiger partial charge in [-0.2, -0.15) is 0 Å². The van der Waals surface area contributed by atoms with Crippen LogP contribution in [0.15, 0.2) is 12.1 Å². The second-order valence-corrected chi connectivity index (χ2v) is 4.64. The molecule has 0 aliphatic heterocycles. The SMILES string of the molecule is Cc1ccc(O)c(NC(=O)C2(N)CCCC2)n1. The first kappa shape index (κ1) is 11.9. The lowest BCUT2D eigenvalue weighted by Crippen LogP contribution is -2.48. The zero-order chi connectivity index (χ0) is 12.5. The molecule has 1 amide bonds. The van der Waals surface area contributed by atoms with Crippen LogP contribution in [0.25, 0.3) is 0 Å². The molecule has 1 fully saturated rings. The highest BCUT2D eigenvalue weighted by atomic mass is 16.3. The molecular weight excluding hydrogens is 218 g/mol. The number of aryl methyl sites for hydroxylation is 1. The van der Waals surface area contributed by atoms with Gasteiger partial charge in [-0.25, -0.2) is 4.98 Å². The molecule has 1 saturated carbocycles. The van der Waals surface area contributed by atoms with Crippen LogP contribution >= 0.6 is 0 Å². The van der Waals surface area contributed by atoms with Crippen molar-refractivity contribution in [3.63, 3.8) is 0 Å². The topological polar surface area (TPSA) is 88.2 Å². The summed E-state index contributed by atoms with van der Waals surface area (Å²) in [7, 11) is 0. The Morgan fingerprint density at radius 2 is 2.12 bits per heavy atom. The highest BCUT2D eigenvalue weighted by molar-refractivity contribution is 5.98. The van der Waals surface area contributed by atoms with Gasteiger partial charge in [0.05, 0.1) is 5.54 Å². The first-order valence-electron chi connectivity index (χ1n) is 5.78. The number of anilines is 1. The second-order valence-electron chi connectivity index (χ2n) is 4.64. The average Bonchev–Trinajstić information content (AvgIpc) is 2.72. The van der Waals surface area contributed by atoms with Crippen LogP contribution in [0.5, 0.6) is 5.75 Å². The van der Waals surface area contributed by atoms with Gasteiger partial charge in [0, 0.05) is 5.69 Å². The number of amides is 1. The molecule has 0 unspecified atom stereocenters. The quantitative estimate of drug-likeness (QED) is 0.721. The lowest BCUT2D eigenvalue weighted by atomic mass is 9.98. The standard InChI is InChI=1S/C12H17N3O2/c1-8-4-5-9(16)10(14-8)15-11(17)12(13)6-2-3-7-12/h4-5,16H,2-3,6-7,13H2,1H3,(H,14,15,17). The van der Waals surface area contributed by atoms with E-state index in [2.05, 4.69) is 10.3 Å². The third kappa shape index (κ3) is 2.39. The number of nitrogens with two attached hydrogens (primary N) is 1. The van der Waals surface area contributed by atoms with Gasteiger partial charge in [-0.3, -0.25) is 4.79 Å². The van der Waals surface area contributed by atoms with Crippen molar-refractivity contribution in [2.75, 3.05) is 5.32 Å². The number of hydrogen-bond acceptors (Lipinski definition) is 4. The molecule has 0 atom stereocenters. The Labute approximate surface area is 100 Å². The van der Waals surface area contributed by atoms with E-state index < -0.39 is 5.54 Å². The summed E-state index contributed by atoms with van der Waals surface area (Å²) in [6.07, 6.45) is 3.31. The van der Waals surface area contributed by atoms with Crippen LogP contribution < -0.4 is 11.1 Å². The zero-order valence-corrected chi connectivity index (χ0v) is 9.86. The molecule has 0 spiro atoms. The Hall–Kier alpha value is -1.62. The number of nitrogens with one attached hydrogen (secondary N) is 1. The molecule has 1 heterocycles. The highest BCUT2D eigenvalue weighted by Crippen LogP contribution is 2.29. The predicted octanol–water partition coefficient (Wildman–Crippen LogP) is 1.31. The van der Waals surface area contributed by atoms with Crippen molar-refractivity contribution in [1.82, 2.24) is 4.98 Å². The second kappa shape index (κ2) is 4.33. The smallest absolute Gasteiger partial charge is 0.245 e. The van der Waals surface area contributed by atoms with Crippen LogP contribution in [0.2, 0.25) is 0 Å². The molecular formula is C12H17N3O2. The number of hydrogen-bond donors (Lipinski definition) is 3. The zero-order valence-electron chi connectivity index (χ0n) is 9.86. The van der Waals surface area contributed by atoms with E-state index in [1.165, 1.54) is 6.07 Å². The predicted molar refractivity (Wildman–Crippen MR) is 64.7 cm³/mol. The molecule has 0 radical (unpaired) electrons. The van der Waals surface area contributed by atoms with Gasteiger partial charge in [0.2, 0.25) is 5.91 Å². The van der Waals surface area contributed by atoms with Crippen LogP contribution in [-0.2, 0) is 4.79 Å². The van der Waals surface area contributed by atoms with Gasteiger partial charge in [-0.15, -0.1) is 0 Å². The Kier molecular flexibility index (Phi) is 3.02. The van der Waals surface area contributed by atoms with Crippen LogP contribution in [0.3, 0.4) is 0 Å². The lowest BCUT2D eigenvalue weighted by Gasteiger charge is -2.22. The number of aromatic hydroxyl groups is 1. The van der Waals surface area contributed by atoms with E-state index in [1.807, 2.05) is 0 Å². The maximum atomic E-state index is 12.0. The van der Waals surface area contributed by atoms with E-state index in [1.54, 1.807) is 13.0 Å². The first-order chi connectivity index (χ1) is 8.01. The molecule has 1 aliphatic rings. The number of aromatic nitrogens is 1. The van der Waals surface area contributed by atoms with Crippen molar-refractivity contribution in [3.05, 3.63) is 17.8 Å². The number of carbonyl (C=O) groups is 1. The monoisotopic (exact) mass is 235 g/mol. The number of rotatable bonds is 2. The maximum Gasteiger partial charge on any atom is 0.245 e. The van der Waals surface area contributed by atoms with Gasteiger partial charge >= 0.3 is 0 Å². The van der Waals surface area contributed by atoms with Crippen LogP contribution in [0.4, 0.5) is 5.82 Å². The minimum absolute atomic E-state index is 0.0365. The van der Waals surface area contributed by atoms with Gasteiger partial charge in [0.1, 0.15) is 0 Å². The summed E-state index contributed by atoms with van der Waals surface area (Å²) in [6.45, 7) is 1.79. The number of nitrogens with zero attached hydrogens (tertiary/aromatic N) is 1. The van der Waals surface area contributed by atoms with Crippen LogP contribution in [0.1, 0.15) is 31.4 Å². The first-order valence-corrected chi connectivity index (χ1v) is 5.78. The molecule has 1 aromatic rings. The van der Waals surface area contributed by atoms with E-state index in [-0.39, 0.29) is 17.5 Å². The molecule has 1 aliphatic carbocycles. The summed E-state index contributed by atoms with van der Waals surface area (Å²) >= 11 is 0. The molecule has 0 aromatic carbocycles. The molecule has 1 aromatic heterocycles. The molecule has 17 heavy (non-hydrogen) atoms. The number of carbonyl (C=O) groups excluding carboxylic acids is 1. The Morgan fingerprint density at radius 1 is 1.47 bits per heavy atom. The summed E-state index contributed by atoms with van der Waals surface area (Å²) < 4.78 is 0. The third-order valence-electron chi connectivity index (χ3n) is 3.19. The molecule has 0 bridgehead atoms. The third-order valence-corrected chi connectivity index (χ3v) is 3.19. The number of pyridine rings is 1. The van der Waals surface area contributed by atoms with Crippen LogP contribution in [0, 0.1) is 6.92 Å². The van der Waals surface area contributed by atoms with Crippen LogP contribution in [-0.4, -0.2) is 21.5 Å². The van der Waals surface area contributed by atoms with Crippen molar-refractivity contribution in [2.45, 2.75) is 38.1 Å². The van der Waals surface area contributed by atoms with Crippen molar-refractivity contribution in [2.24, 2.45) is 5.73 Å². The Morgan fingerprint density at radius 3 is 2.76 bits per heavy atom. The Bertz CT molecular complexity index is 439. The largest absolute Gasteiger partial charge is 0.504 e. The summed E-state index contributed by atoms with van der Waals surface area (Å²) in [5, 5.41) is 12.2. The van der Waals surface area contributed by atoms with Gasteiger partial charge in [0.15, 0.2) is 11.6 Å². The summed E-state index contributed by atoms with van der Waals surface area (Å²) in [4.78, 5) is 16.1. The maximum absolute atomic E-state index is 12.0. The molecule has 5 heteroatoms. The Balaban J connectivity index is 2.15. The van der Waals surface area contributed by atoms with E-state index in [0.29, 0.717) is 12.8 Å². The fraction of sp³-hybridized carbons (Fsp3) is 0.500. The molecule has 4 N–H and O–H groups in total. The van der Waals surface area contributed by atoms with E-state index in [0.717, 1.165) is 18.5 Å². The van der Waals surface area contributed by atoms with Crippen molar-refractivity contribution in [1.29, 1.82) is 0 Å². The minimum atomic E-state index is -0.808. The fourth-order valence-corrected chi connectivity index (χ4v) is 2.11. The van der Waals surface area contributed by atoms with E-state index in [9.17, 15) is 9.90 Å².